The van der Waals surface area contributed by atoms with Gasteiger partial charge in [0, 0.05) is 0 Å². The van der Waals surface area contributed by atoms with Crippen molar-refractivity contribution in [3.05, 3.63) is 54.6 Å². The SMILES string of the molecule is CCCC[C@H](C)CCCCCOc1ccc(-c2ccccc2)cc1. The van der Waals surface area contributed by atoms with Gasteiger partial charge in [-0.1, -0.05) is 94.8 Å². The largest absolute Gasteiger partial charge is 0.494 e. The first-order valence-corrected chi connectivity index (χ1v) is 9.58. The maximum Gasteiger partial charge on any atom is 0.119 e. The van der Waals surface area contributed by atoms with Crippen LogP contribution in [0.3, 0.4) is 0 Å². The number of hydrogen-bond acceptors (Lipinski definition) is 1. The molecule has 0 bridgehead atoms. The Morgan fingerprint density at radius 2 is 1.42 bits per heavy atom. The minimum atomic E-state index is 0.827. The highest BCUT2D eigenvalue weighted by Crippen LogP contribution is 2.22. The van der Waals surface area contributed by atoms with Crippen LogP contribution in [-0.2, 0) is 0 Å². The van der Waals surface area contributed by atoms with Crippen LogP contribution in [0.15, 0.2) is 54.6 Å². The molecule has 0 unspecified atom stereocenters. The van der Waals surface area contributed by atoms with Gasteiger partial charge >= 0.3 is 0 Å². The van der Waals surface area contributed by atoms with Crippen molar-refractivity contribution in [3.63, 3.8) is 0 Å². The number of ether oxygens (including phenoxy) is 1. The van der Waals surface area contributed by atoms with Crippen molar-refractivity contribution in [2.24, 2.45) is 5.92 Å². The Hall–Kier alpha value is -1.76. The smallest absolute Gasteiger partial charge is 0.119 e. The molecule has 1 heteroatoms. The molecule has 0 N–H and O–H groups in total. The van der Waals surface area contributed by atoms with E-state index in [1.54, 1.807) is 0 Å². The van der Waals surface area contributed by atoms with E-state index in [2.05, 4.69) is 62.4 Å². The molecule has 0 heterocycles. The Morgan fingerprint density at radius 1 is 0.750 bits per heavy atom. The molecular formula is C23H32O. The monoisotopic (exact) mass is 324 g/mol. The third-order valence-corrected chi connectivity index (χ3v) is 4.62. The van der Waals surface area contributed by atoms with E-state index in [4.69, 9.17) is 4.74 Å². The summed E-state index contributed by atoms with van der Waals surface area (Å²) < 4.78 is 5.87. The molecule has 0 aliphatic heterocycles. The van der Waals surface area contributed by atoms with E-state index >= 15 is 0 Å². The van der Waals surface area contributed by atoms with E-state index in [-0.39, 0.29) is 0 Å². The van der Waals surface area contributed by atoms with Gasteiger partial charge in [0.15, 0.2) is 0 Å². The molecule has 0 spiro atoms. The molecule has 0 saturated carbocycles. The lowest BCUT2D eigenvalue weighted by atomic mass is 9.98. The normalized spacial score (nSPS) is 12.1. The standard InChI is InChI=1S/C23H32O/c1-3-4-11-20(2)12-7-6-10-19-24-23-17-15-22(16-18-23)21-13-8-5-9-14-21/h5,8-9,13-18,20H,3-4,6-7,10-12,19H2,1-2H3/t20-/m0/s1. The Balaban J connectivity index is 1.61. The van der Waals surface area contributed by atoms with Gasteiger partial charge in [-0.25, -0.2) is 0 Å². The fraction of sp³-hybridized carbons (Fsp3) is 0.478. The van der Waals surface area contributed by atoms with Crippen molar-refractivity contribution in [2.75, 3.05) is 6.61 Å². The average Bonchev–Trinajstić information content (AvgIpc) is 2.64. The zero-order chi connectivity index (χ0) is 17.0. The van der Waals surface area contributed by atoms with Crippen molar-refractivity contribution in [3.8, 4) is 16.9 Å². The zero-order valence-electron chi connectivity index (χ0n) is 15.3. The summed E-state index contributed by atoms with van der Waals surface area (Å²) in [7, 11) is 0. The highest BCUT2D eigenvalue weighted by molar-refractivity contribution is 5.63. The maximum atomic E-state index is 5.87. The first kappa shape index (κ1) is 18.6. The van der Waals surface area contributed by atoms with Crippen LogP contribution in [0.25, 0.3) is 11.1 Å². The number of rotatable bonds is 11. The molecule has 0 aromatic heterocycles. The molecular weight excluding hydrogens is 292 g/mol. The van der Waals surface area contributed by atoms with Crippen LogP contribution in [0, 0.1) is 5.92 Å². The van der Waals surface area contributed by atoms with Crippen molar-refractivity contribution in [2.45, 2.75) is 58.8 Å². The lowest BCUT2D eigenvalue weighted by molar-refractivity contribution is 0.302. The fourth-order valence-corrected chi connectivity index (χ4v) is 3.03. The molecule has 2 aromatic rings. The number of hydrogen-bond donors (Lipinski definition) is 0. The van der Waals surface area contributed by atoms with Gasteiger partial charge in [0.05, 0.1) is 6.61 Å². The molecule has 0 fully saturated rings. The van der Waals surface area contributed by atoms with Crippen molar-refractivity contribution >= 4 is 0 Å². The van der Waals surface area contributed by atoms with E-state index in [1.807, 2.05) is 6.07 Å². The first-order valence-electron chi connectivity index (χ1n) is 9.58. The van der Waals surface area contributed by atoms with Gasteiger partial charge in [-0.15, -0.1) is 0 Å². The van der Waals surface area contributed by atoms with Crippen LogP contribution in [0.4, 0.5) is 0 Å². The van der Waals surface area contributed by atoms with E-state index in [0.717, 1.165) is 24.7 Å². The predicted octanol–water partition coefficient (Wildman–Crippen LogP) is 7.12. The third kappa shape index (κ3) is 6.78. The minimum Gasteiger partial charge on any atom is -0.494 e. The summed E-state index contributed by atoms with van der Waals surface area (Å²) in [6, 6.07) is 18.9. The highest BCUT2D eigenvalue weighted by Gasteiger charge is 2.02. The number of unbranched alkanes of at least 4 members (excludes halogenated alkanes) is 3. The maximum absolute atomic E-state index is 5.87. The Bertz CT molecular complexity index is 544. The second-order valence-electron chi connectivity index (χ2n) is 6.84. The van der Waals surface area contributed by atoms with Crippen molar-refractivity contribution in [1.29, 1.82) is 0 Å². The van der Waals surface area contributed by atoms with E-state index in [1.165, 1.54) is 49.7 Å². The summed E-state index contributed by atoms with van der Waals surface area (Å²) in [4.78, 5) is 0. The van der Waals surface area contributed by atoms with Crippen LogP contribution in [-0.4, -0.2) is 6.61 Å². The first-order chi connectivity index (χ1) is 11.8. The third-order valence-electron chi connectivity index (χ3n) is 4.62. The second-order valence-corrected chi connectivity index (χ2v) is 6.84. The molecule has 0 aliphatic rings. The fourth-order valence-electron chi connectivity index (χ4n) is 3.03. The molecule has 130 valence electrons. The highest BCUT2D eigenvalue weighted by atomic mass is 16.5. The Kier molecular flexibility index (Phi) is 8.45. The second kappa shape index (κ2) is 10.9. The average molecular weight is 325 g/mol. The van der Waals surface area contributed by atoms with Gasteiger partial charge in [0.2, 0.25) is 0 Å². The molecule has 0 aliphatic carbocycles. The summed E-state index contributed by atoms with van der Waals surface area (Å²) in [6.07, 6.45) is 9.22. The zero-order valence-corrected chi connectivity index (χ0v) is 15.3. The lowest BCUT2D eigenvalue weighted by Crippen LogP contribution is -1.99. The van der Waals surface area contributed by atoms with E-state index in [0.29, 0.717) is 0 Å². The summed E-state index contributed by atoms with van der Waals surface area (Å²) in [6.45, 7) is 5.49. The van der Waals surface area contributed by atoms with Gasteiger partial charge in [0.1, 0.15) is 5.75 Å². The van der Waals surface area contributed by atoms with Crippen LogP contribution >= 0.6 is 0 Å². The molecule has 2 rings (SSSR count). The molecule has 0 saturated heterocycles. The van der Waals surface area contributed by atoms with Crippen LogP contribution < -0.4 is 4.74 Å². The molecule has 1 atom stereocenters. The van der Waals surface area contributed by atoms with Crippen molar-refractivity contribution in [1.82, 2.24) is 0 Å². The summed E-state index contributed by atoms with van der Waals surface area (Å²) in [5, 5.41) is 0. The topological polar surface area (TPSA) is 9.23 Å². The summed E-state index contributed by atoms with van der Waals surface area (Å²) in [5.74, 6) is 1.86. The van der Waals surface area contributed by atoms with Crippen LogP contribution in [0.2, 0.25) is 0 Å². The van der Waals surface area contributed by atoms with Crippen LogP contribution in [0.1, 0.15) is 58.8 Å². The summed E-state index contributed by atoms with van der Waals surface area (Å²) in [5.41, 5.74) is 2.49. The van der Waals surface area contributed by atoms with E-state index < -0.39 is 0 Å². The summed E-state index contributed by atoms with van der Waals surface area (Å²) >= 11 is 0. The molecule has 24 heavy (non-hydrogen) atoms. The quantitative estimate of drug-likeness (QED) is 0.400. The van der Waals surface area contributed by atoms with Gasteiger partial charge < -0.3 is 4.74 Å². The Labute approximate surface area is 148 Å². The van der Waals surface area contributed by atoms with Gasteiger partial charge in [-0.05, 0) is 35.6 Å². The van der Waals surface area contributed by atoms with Gasteiger partial charge in [0.25, 0.3) is 0 Å². The van der Waals surface area contributed by atoms with Gasteiger partial charge in [-0.3, -0.25) is 0 Å². The Morgan fingerprint density at radius 3 is 2.12 bits per heavy atom. The molecule has 1 nitrogen and oxygen atoms in total. The minimum absolute atomic E-state index is 0.827. The lowest BCUT2D eigenvalue weighted by Gasteiger charge is -2.11. The molecule has 0 amide bonds. The number of benzene rings is 2. The van der Waals surface area contributed by atoms with Gasteiger partial charge in [-0.2, -0.15) is 0 Å². The predicted molar refractivity (Wildman–Crippen MR) is 105 cm³/mol. The van der Waals surface area contributed by atoms with Crippen molar-refractivity contribution < 1.29 is 4.74 Å². The molecule has 2 aromatic carbocycles. The van der Waals surface area contributed by atoms with Crippen LogP contribution in [0.5, 0.6) is 5.75 Å². The van der Waals surface area contributed by atoms with E-state index in [9.17, 15) is 0 Å². The molecule has 0 radical (unpaired) electrons.